The number of amides is 1. The van der Waals surface area contributed by atoms with Gasteiger partial charge < -0.3 is 9.88 Å². The van der Waals surface area contributed by atoms with E-state index >= 15 is 0 Å². The Labute approximate surface area is 148 Å². The number of imidazole rings is 1. The summed E-state index contributed by atoms with van der Waals surface area (Å²) in [4.78, 5) is 27.9. The van der Waals surface area contributed by atoms with Crippen LogP contribution in [0.4, 0.5) is 0 Å². The third-order valence-electron chi connectivity index (χ3n) is 4.11. The Morgan fingerprint density at radius 1 is 1.28 bits per heavy atom. The molecule has 2 aromatic heterocycles. The zero-order valence-corrected chi connectivity index (χ0v) is 15.7. The number of aromatic nitrogens is 4. The van der Waals surface area contributed by atoms with Gasteiger partial charge >= 0.3 is 0 Å². The predicted molar refractivity (Wildman–Crippen MR) is 95.2 cm³/mol. The van der Waals surface area contributed by atoms with Gasteiger partial charge in [0.25, 0.3) is 0 Å². The van der Waals surface area contributed by atoms with E-state index in [4.69, 9.17) is 0 Å². The van der Waals surface area contributed by atoms with Gasteiger partial charge in [0, 0.05) is 31.4 Å². The summed E-state index contributed by atoms with van der Waals surface area (Å²) in [5.74, 6) is 0.475. The first-order valence-corrected chi connectivity index (χ1v) is 8.60. The first-order chi connectivity index (χ1) is 11.8. The van der Waals surface area contributed by atoms with Crippen molar-refractivity contribution in [2.24, 2.45) is 5.92 Å². The summed E-state index contributed by atoms with van der Waals surface area (Å²) in [6, 6.07) is 0. The highest BCUT2D eigenvalue weighted by Gasteiger charge is 2.15. The monoisotopic (exact) mass is 345 g/mol. The second kappa shape index (κ2) is 8.09. The van der Waals surface area contributed by atoms with Crippen molar-refractivity contribution >= 4 is 11.7 Å². The number of rotatable bonds is 8. The Hall–Kier alpha value is -2.44. The Balaban J connectivity index is 1.89. The fourth-order valence-corrected chi connectivity index (χ4v) is 2.96. The van der Waals surface area contributed by atoms with Crippen LogP contribution in [-0.4, -0.2) is 31.0 Å². The third-order valence-corrected chi connectivity index (χ3v) is 4.11. The van der Waals surface area contributed by atoms with Crippen LogP contribution in [0.15, 0.2) is 12.5 Å². The molecule has 0 fully saturated rings. The Bertz CT molecular complexity index is 758. The molecular weight excluding hydrogens is 318 g/mol. The number of ketones is 1. The van der Waals surface area contributed by atoms with Crippen LogP contribution in [-0.2, 0) is 24.4 Å². The number of hydrogen-bond acceptors (Lipinski definition) is 4. The molecule has 0 radical (unpaired) electrons. The smallest absolute Gasteiger partial charge is 0.222 e. The van der Waals surface area contributed by atoms with Gasteiger partial charge in [0.1, 0.15) is 0 Å². The van der Waals surface area contributed by atoms with Gasteiger partial charge in [0.15, 0.2) is 5.78 Å². The maximum absolute atomic E-state index is 12.1. The second-order valence-electron chi connectivity index (χ2n) is 6.78. The quantitative estimate of drug-likeness (QED) is 0.744. The molecule has 0 aliphatic carbocycles. The molecule has 0 spiro atoms. The lowest BCUT2D eigenvalue weighted by Crippen LogP contribution is -2.25. The largest absolute Gasteiger partial charge is 0.350 e. The first-order valence-electron chi connectivity index (χ1n) is 8.60. The van der Waals surface area contributed by atoms with Gasteiger partial charge in [-0.25, -0.2) is 4.98 Å². The van der Waals surface area contributed by atoms with Crippen LogP contribution in [0, 0.1) is 19.8 Å². The zero-order chi connectivity index (χ0) is 18.6. The van der Waals surface area contributed by atoms with Gasteiger partial charge in [0.05, 0.1) is 29.8 Å². The van der Waals surface area contributed by atoms with E-state index in [9.17, 15) is 9.59 Å². The van der Waals surface area contributed by atoms with E-state index in [1.165, 1.54) is 6.92 Å². The molecule has 1 amide bonds. The van der Waals surface area contributed by atoms with Crippen LogP contribution >= 0.6 is 0 Å². The zero-order valence-electron chi connectivity index (χ0n) is 15.7. The molecule has 0 atom stereocenters. The molecule has 2 heterocycles. The van der Waals surface area contributed by atoms with Gasteiger partial charge in [-0.15, -0.1) is 0 Å². The van der Waals surface area contributed by atoms with Crippen molar-refractivity contribution in [3.05, 3.63) is 35.2 Å². The highest BCUT2D eigenvalue weighted by Crippen LogP contribution is 2.14. The molecule has 0 aliphatic rings. The summed E-state index contributed by atoms with van der Waals surface area (Å²) in [7, 11) is 0. The molecular formula is C18H27N5O2. The molecule has 0 saturated heterocycles. The average molecular weight is 345 g/mol. The van der Waals surface area contributed by atoms with Gasteiger partial charge in [-0.3, -0.25) is 14.3 Å². The molecule has 136 valence electrons. The standard InChI is InChI=1S/C18H27N5O2/c1-12(2)10-22-11-19-8-16(22)9-20-17(25)6-7-23-14(4)18(15(5)24)13(3)21-23/h8,11-12H,6-7,9-10H2,1-5H3,(H,20,25). The molecule has 1 N–H and O–H groups in total. The first kappa shape index (κ1) is 18.9. The van der Waals surface area contributed by atoms with Crippen LogP contribution in [0.1, 0.15) is 54.6 Å². The minimum Gasteiger partial charge on any atom is -0.350 e. The normalized spacial score (nSPS) is 11.1. The lowest BCUT2D eigenvalue weighted by Gasteiger charge is -2.11. The highest BCUT2D eigenvalue weighted by atomic mass is 16.1. The van der Waals surface area contributed by atoms with Gasteiger partial charge in [0.2, 0.25) is 5.91 Å². The summed E-state index contributed by atoms with van der Waals surface area (Å²) >= 11 is 0. The number of nitrogens with one attached hydrogen (secondary N) is 1. The molecule has 0 bridgehead atoms. The van der Waals surface area contributed by atoms with Crippen molar-refractivity contribution in [2.75, 3.05) is 0 Å². The van der Waals surface area contributed by atoms with E-state index < -0.39 is 0 Å². The van der Waals surface area contributed by atoms with E-state index in [-0.39, 0.29) is 11.7 Å². The number of Topliss-reactive ketones (excluding diaryl/α,β-unsaturated/α-hetero) is 1. The van der Waals surface area contributed by atoms with Crippen molar-refractivity contribution in [1.29, 1.82) is 0 Å². The van der Waals surface area contributed by atoms with Gasteiger partial charge in [-0.1, -0.05) is 13.8 Å². The summed E-state index contributed by atoms with van der Waals surface area (Å²) in [6.07, 6.45) is 3.89. The van der Waals surface area contributed by atoms with Crippen LogP contribution < -0.4 is 5.32 Å². The molecule has 0 saturated carbocycles. The fourth-order valence-electron chi connectivity index (χ4n) is 2.96. The number of nitrogens with zero attached hydrogens (tertiary/aromatic N) is 4. The number of carbonyl (C=O) groups is 2. The van der Waals surface area contributed by atoms with Gasteiger partial charge in [-0.2, -0.15) is 5.10 Å². The Morgan fingerprint density at radius 2 is 2.00 bits per heavy atom. The van der Waals surface area contributed by atoms with Crippen LogP contribution in [0.3, 0.4) is 0 Å². The Kier molecular flexibility index (Phi) is 6.12. The van der Waals surface area contributed by atoms with Crippen molar-refractivity contribution in [3.8, 4) is 0 Å². The van der Waals surface area contributed by atoms with Crippen molar-refractivity contribution in [1.82, 2.24) is 24.6 Å². The van der Waals surface area contributed by atoms with Crippen molar-refractivity contribution in [2.45, 2.75) is 60.7 Å². The summed E-state index contributed by atoms with van der Waals surface area (Å²) in [5.41, 5.74) is 3.17. The van der Waals surface area contributed by atoms with E-state index in [2.05, 4.69) is 33.8 Å². The molecule has 0 aromatic carbocycles. The van der Waals surface area contributed by atoms with E-state index in [1.807, 2.05) is 13.8 Å². The average Bonchev–Trinajstić information content (AvgIpc) is 3.06. The second-order valence-corrected chi connectivity index (χ2v) is 6.78. The SMILES string of the molecule is CC(=O)c1c(C)nn(CCC(=O)NCc2cncn2CC(C)C)c1C. The van der Waals surface area contributed by atoms with Crippen molar-refractivity contribution in [3.63, 3.8) is 0 Å². The van der Waals surface area contributed by atoms with E-state index in [0.717, 1.165) is 17.9 Å². The lowest BCUT2D eigenvalue weighted by molar-refractivity contribution is -0.121. The minimum absolute atomic E-state index is 0.00381. The number of hydrogen-bond donors (Lipinski definition) is 1. The minimum atomic E-state index is -0.0470. The Morgan fingerprint density at radius 3 is 2.60 bits per heavy atom. The topological polar surface area (TPSA) is 81.8 Å². The summed E-state index contributed by atoms with van der Waals surface area (Å²) in [5, 5.41) is 7.29. The van der Waals surface area contributed by atoms with Crippen LogP contribution in [0.25, 0.3) is 0 Å². The molecule has 7 nitrogen and oxygen atoms in total. The maximum atomic E-state index is 12.1. The molecule has 2 aromatic rings. The van der Waals surface area contributed by atoms with Crippen LogP contribution in [0.2, 0.25) is 0 Å². The van der Waals surface area contributed by atoms with Gasteiger partial charge in [-0.05, 0) is 26.7 Å². The number of aryl methyl sites for hydroxylation is 2. The lowest BCUT2D eigenvalue weighted by atomic mass is 10.1. The number of carbonyl (C=O) groups excluding carboxylic acids is 2. The van der Waals surface area contributed by atoms with E-state index in [0.29, 0.717) is 36.7 Å². The molecule has 7 heteroatoms. The maximum Gasteiger partial charge on any atom is 0.222 e. The third kappa shape index (κ3) is 4.78. The summed E-state index contributed by atoms with van der Waals surface area (Å²) < 4.78 is 3.79. The fraction of sp³-hybridized carbons (Fsp3) is 0.556. The van der Waals surface area contributed by atoms with Crippen LogP contribution in [0.5, 0.6) is 0 Å². The molecule has 0 aliphatic heterocycles. The summed E-state index contributed by atoms with van der Waals surface area (Å²) in [6.45, 7) is 11.3. The molecule has 0 unspecified atom stereocenters. The van der Waals surface area contributed by atoms with Crippen molar-refractivity contribution < 1.29 is 9.59 Å². The molecule has 2 rings (SSSR count). The highest BCUT2D eigenvalue weighted by molar-refractivity contribution is 5.96. The predicted octanol–water partition coefficient (Wildman–Crippen LogP) is 2.26. The van der Waals surface area contributed by atoms with E-state index in [1.54, 1.807) is 17.2 Å². The molecule has 25 heavy (non-hydrogen) atoms.